The van der Waals surface area contributed by atoms with Crippen molar-refractivity contribution in [2.75, 3.05) is 13.1 Å². The van der Waals surface area contributed by atoms with Crippen LogP contribution in [-0.4, -0.2) is 29.1 Å². The van der Waals surface area contributed by atoms with E-state index in [-0.39, 0.29) is 11.4 Å². The van der Waals surface area contributed by atoms with Gasteiger partial charge in [0.15, 0.2) is 0 Å². The minimum atomic E-state index is -0.663. The summed E-state index contributed by atoms with van der Waals surface area (Å²) < 4.78 is 14.3. The smallest absolute Gasteiger partial charge is 0.274 e. The molecule has 2 aliphatic rings. The Hall–Kier alpha value is -1.46. The third-order valence-corrected chi connectivity index (χ3v) is 5.80. The van der Waals surface area contributed by atoms with E-state index >= 15 is 0 Å². The predicted octanol–water partition coefficient (Wildman–Crippen LogP) is 3.66. The number of fused-ring (bicyclic) bond motifs is 1. The number of carbonyl (C=O) groups is 1. The molecule has 0 bridgehead atoms. The number of carbonyl (C=O) groups excluding carboxylic acids is 1. The van der Waals surface area contributed by atoms with Gasteiger partial charge in [-0.05, 0) is 61.8 Å². The van der Waals surface area contributed by atoms with Gasteiger partial charge in [0.2, 0.25) is 0 Å². The highest BCUT2D eigenvalue weighted by Crippen LogP contribution is 2.44. The Morgan fingerprint density at radius 2 is 2.17 bits per heavy atom. The molecular formula is C19H27FN2O2. The lowest BCUT2D eigenvalue weighted by Crippen LogP contribution is -2.33. The molecule has 1 aliphatic carbocycles. The predicted molar refractivity (Wildman–Crippen MR) is 90.4 cm³/mol. The van der Waals surface area contributed by atoms with Crippen LogP contribution in [0.15, 0.2) is 12.1 Å². The molecule has 1 aromatic rings. The molecular weight excluding hydrogens is 307 g/mol. The van der Waals surface area contributed by atoms with Crippen molar-refractivity contribution < 1.29 is 14.4 Å². The van der Waals surface area contributed by atoms with Gasteiger partial charge in [-0.25, -0.2) is 9.87 Å². The summed E-state index contributed by atoms with van der Waals surface area (Å²) in [7, 11) is 0. The molecule has 1 fully saturated rings. The number of nitrogens with zero attached hydrogens (tertiary/aromatic N) is 1. The molecule has 3 rings (SSSR count). The van der Waals surface area contributed by atoms with E-state index < -0.39 is 5.91 Å². The van der Waals surface area contributed by atoms with Crippen LogP contribution in [0.25, 0.3) is 0 Å². The van der Waals surface area contributed by atoms with E-state index in [9.17, 15) is 9.18 Å². The topological polar surface area (TPSA) is 52.6 Å². The van der Waals surface area contributed by atoms with Crippen LogP contribution in [-0.2, 0) is 13.0 Å². The van der Waals surface area contributed by atoms with Crippen molar-refractivity contribution in [2.45, 2.75) is 58.4 Å². The van der Waals surface area contributed by atoms with Gasteiger partial charge in [-0.15, -0.1) is 0 Å². The molecule has 0 saturated heterocycles. The minimum absolute atomic E-state index is 0.177. The number of hydroxylamine groups is 1. The summed E-state index contributed by atoms with van der Waals surface area (Å²) in [6, 6.07) is 2.91. The molecule has 24 heavy (non-hydrogen) atoms. The number of hydrogen-bond acceptors (Lipinski definition) is 3. The van der Waals surface area contributed by atoms with Crippen LogP contribution in [0.5, 0.6) is 0 Å². The SMILES string of the molecule is CC1(CCCCN2CCc3cc(C(=O)NO)cc(F)c3C2)CCC1. The molecule has 1 aromatic carbocycles. The number of unbranched alkanes of at least 4 members (excludes halogenated alkanes) is 1. The van der Waals surface area contributed by atoms with Crippen LogP contribution < -0.4 is 5.48 Å². The van der Waals surface area contributed by atoms with E-state index in [1.807, 2.05) is 0 Å². The first-order valence-corrected chi connectivity index (χ1v) is 8.99. The number of nitrogens with one attached hydrogen (secondary N) is 1. The summed E-state index contributed by atoms with van der Waals surface area (Å²) in [5.74, 6) is -1.01. The second-order valence-corrected chi connectivity index (χ2v) is 7.68. The standard InChI is InChI=1S/C19H27FN2O2/c1-19(7-4-8-19)6-2-3-9-22-10-5-14-11-15(18(23)21-24)12-17(20)16(14)13-22/h11-12,24H,2-10,13H2,1H3,(H,21,23). The number of amides is 1. The molecule has 1 heterocycles. The van der Waals surface area contributed by atoms with Crippen LogP contribution in [0.3, 0.4) is 0 Å². The summed E-state index contributed by atoms with van der Waals surface area (Å²) in [5, 5.41) is 8.69. The Morgan fingerprint density at radius 1 is 1.38 bits per heavy atom. The highest BCUT2D eigenvalue weighted by molar-refractivity contribution is 5.93. The average Bonchev–Trinajstić information content (AvgIpc) is 2.56. The minimum Gasteiger partial charge on any atom is -0.299 e. The first kappa shape index (κ1) is 17.4. The largest absolute Gasteiger partial charge is 0.299 e. The van der Waals surface area contributed by atoms with Gasteiger partial charge >= 0.3 is 0 Å². The molecule has 5 heteroatoms. The van der Waals surface area contributed by atoms with Crippen LogP contribution in [0.1, 0.15) is 66.9 Å². The van der Waals surface area contributed by atoms with Gasteiger partial charge in [0, 0.05) is 24.2 Å². The van der Waals surface area contributed by atoms with E-state index in [1.54, 1.807) is 11.5 Å². The second kappa shape index (κ2) is 7.19. The van der Waals surface area contributed by atoms with Gasteiger partial charge in [-0.1, -0.05) is 19.8 Å². The average molecular weight is 334 g/mol. The molecule has 2 N–H and O–H groups in total. The van der Waals surface area contributed by atoms with Gasteiger partial charge < -0.3 is 0 Å². The molecule has 0 spiro atoms. The van der Waals surface area contributed by atoms with Crippen molar-refractivity contribution in [3.05, 3.63) is 34.6 Å². The summed E-state index contributed by atoms with van der Waals surface area (Å²) in [5.41, 5.74) is 3.91. The van der Waals surface area contributed by atoms with Crippen LogP contribution in [0.2, 0.25) is 0 Å². The van der Waals surface area contributed by atoms with E-state index in [4.69, 9.17) is 5.21 Å². The molecule has 4 nitrogen and oxygen atoms in total. The number of benzene rings is 1. The second-order valence-electron chi connectivity index (χ2n) is 7.68. The zero-order valence-electron chi connectivity index (χ0n) is 14.4. The number of rotatable bonds is 6. The third kappa shape index (κ3) is 3.78. The molecule has 1 aliphatic heterocycles. The number of halogens is 1. The molecule has 1 saturated carbocycles. The fourth-order valence-corrected chi connectivity index (χ4v) is 3.98. The lowest BCUT2D eigenvalue weighted by molar-refractivity contribution is 0.0705. The normalized spacial score (nSPS) is 19.5. The third-order valence-electron chi connectivity index (χ3n) is 5.80. The lowest BCUT2D eigenvalue weighted by Gasteiger charge is -2.38. The van der Waals surface area contributed by atoms with Gasteiger partial charge in [0.25, 0.3) is 5.91 Å². The van der Waals surface area contributed by atoms with Crippen LogP contribution in [0.4, 0.5) is 4.39 Å². The fraction of sp³-hybridized carbons (Fsp3) is 0.632. The first-order valence-electron chi connectivity index (χ1n) is 8.99. The fourth-order valence-electron chi connectivity index (χ4n) is 3.98. The van der Waals surface area contributed by atoms with Crippen molar-refractivity contribution in [1.82, 2.24) is 10.4 Å². The highest BCUT2D eigenvalue weighted by atomic mass is 19.1. The van der Waals surface area contributed by atoms with Crippen LogP contribution >= 0.6 is 0 Å². The van der Waals surface area contributed by atoms with Gasteiger partial charge in [-0.2, -0.15) is 0 Å². The van der Waals surface area contributed by atoms with Crippen molar-refractivity contribution in [1.29, 1.82) is 0 Å². The zero-order chi connectivity index (χ0) is 17.2. The van der Waals surface area contributed by atoms with E-state index in [2.05, 4.69) is 11.8 Å². The summed E-state index contributed by atoms with van der Waals surface area (Å²) in [6.07, 6.45) is 8.60. The van der Waals surface area contributed by atoms with Gasteiger partial charge in [0.1, 0.15) is 5.82 Å². The van der Waals surface area contributed by atoms with Gasteiger partial charge in [0.05, 0.1) is 0 Å². The molecule has 0 unspecified atom stereocenters. The maximum Gasteiger partial charge on any atom is 0.274 e. The van der Waals surface area contributed by atoms with E-state index in [0.717, 1.165) is 31.5 Å². The molecule has 0 atom stereocenters. The molecule has 0 radical (unpaired) electrons. The van der Waals surface area contributed by atoms with E-state index in [0.29, 0.717) is 17.5 Å². The first-order chi connectivity index (χ1) is 11.5. The van der Waals surface area contributed by atoms with Crippen LogP contribution in [0, 0.1) is 11.2 Å². The maximum absolute atomic E-state index is 14.3. The lowest BCUT2D eigenvalue weighted by atomic mass is 9.67. The summed E-state index contributed by atoms with van der Waals surface area (Å²) in [6.45, 7) is 4.91. The van der Waals surface area contributed by atoms with E-state index in [1.165, 1.54) is 38.2 Å². The van der Waals surface area contributed by atoms with Gasteiger partial charge in [-0.3, -0.25) is 14.9 Å². The summed E-state index contributed by atoms with van der Waals surface area (Å²) >= 11 is 0. The van der Waals surface area contributed by atoms with Crippen molar-refractivity contribution >= 4 is 5.91 Å². The molecule has 0 aromatic heterocycles. The zero-order valence-corrected chi connectivity index (χ0v) is 14.4. The molecule has 132 valence electrons. The quantitative estimate of drug-likeness (QED) is 0.474. The Labute approximate surface area is 143 Å². The van der Waals surface area contributed by atoms with Crippen molar-refractivity contribution in [2.24, 2.45) is 5.41 Å². The highest BCUT2D eigenvalue weighted by Gasteiger charge is 2.30. The molecule has 1 amide bonds. The Bertz CT molecular complexity index is 614. The maximum atomic E-state index is 14.3. The summed E-state index contributed by atoms with van der Waals surface area (Å²) in [4.78, 5) is 13.8. The van der Waals surface area contributed by atoms with Crippen molar-refractivity contribution in [3.63, 3.8) is 0 Å². The Balaban J connectivity index is 1.53. The Kier molecular flexibility index (Phi) is 5.21. The Morgan fingerprint density at radius 3 is 2.83 bits per heavy atom. The van der Waals surface area contributed by atoms with Crippen molar-refractivity contribution in [3.8, 4) is 0 Å². The monoisotopic (exact) mass is 334 g/mol. The number of hydrogen-bond donors (Lipinski definition) is 2.